The zero-order valence-electron chi connectivity index (χ0n) is 14.8. The van der Waals surface area contributed by atoms with Gasteiger partial charge in [0.15, 0.2) is 0 Å². The lowest BCUT2D eigenvalue weighted by molar-refractivity contribution is 0.0813. The third kappa shape index (κ3) is 6.69. The molecule has 0 heterocycles. The van der Waals surface area contributed by atoms with Gasteiger partial charge in [0.05, 0.1) is 0 Å². The van der Waals surface area contributed by atoms with Crippen molar-refractivity contribution >= 4 is 0 Å². The Labute approximate surface area is 133 Å². The van der Waals surface area contributed by atoms with Gasteiger partial charge in [-0.1, -0.05) is 78.1 Å². The summed E-state index contributed by atoms with van der Waals surface area (Å²) >= 11 is 0. The van der Waals surface area contributed by atoms with Gasteiger partial charge < -0.3 is 5.73 Å². The largest absolute Gasteiger partial charge is 0.329 e. The fraction of sp³-hybridized carbons (Fsp3) is 1.00. The Morgan fingerprint density at radius 2 is 1.38 bits per heavy atom. The average molecular weight is 297 g/mol. The van der Waals surface area contributed by atoms with E-state index in [-0.39, 0.29) is 0 Å². The minimum Gasteiger partial charge on any atom is -0.329 e. The molecule has 1 aliphatic carbocycles. The van der Waals surface area contributed by atoms with Crippen LogP contribution in [0.4, 0.5) is 0 Å². The van der Waals surface area contributed by atoms with Crippen LogP contribution in [0.5, 0.6) is 0 Å². The van der Waals surface area contributed by atoms with Crippen molar-refractivity contribution in [2.75, 3.05) is 19.6 Å². The molecular weight excluding hydrogens is 256 g/mol. The molecule has 1 fully saturated rings. The van der Waals surface area contributed by atoms with Gasteiger partial charge in [0.25, 0.3) is 0 Å². The predicted molar refractivity (Wildman–Crippen MR) is 94.7 cm³/mol. The molecule has 0 aliphatic heterocycles. The highest BCUT2D eigenvalue weighted by atomic mass is 15.2. The van der Waals surface area contributed by atoms with Crippen molar-refractivity contribution < 1.29 is 0 Å². The second-order valence-electron chi connectivity index (χ2n) is 7.04. The first kappa shape index (κ1) is 19.0. The number of nitrogens with two attached hydrogens (primary N) is 1. The summed E-state index contributed by atoms with van der Waals surface area (Å²) in [6, 6.07) is 0. The van der Waals surface area contributed by atoms with Crippen molar-refractivity contribution in [3.63, 3.8) is 0 Å². The molecule has 0 aromatic rings. The van der Waals surface area contributed by atoms with E-state index in [1.807, 2.05) is 0 Å². The second-order valence-corrected chi connectivity index (χ2v) is 7.04. The summed E-state index contributed by atoms with van der Waals surface area (Å²) in [5.41, 5.74) is 6.55. The second kappa shape index (κ2) is 11.5. The van der Waals surface area contributed by atoms with Crippen LogP contribution >= 0.6 is 0 Å². The maximum absolute atomic E-state index is 6.23. The topological polar surface area (TPSA) is 29.3 Å². The molecule has 21 heavy (non-hydrogen) atoms. The molecule has 0 unspecified atom stereocenters. The summed E-state index contributed by atoms with van der Waals surface area (Å²) in [6.07, 6.45) is 18.1. The molecule has 0 atom stereocenters. The fourth-order valence-electron chi connectivity index (χ4n) is 4.03. The Morgan fingerprint density at radius 1 is 0.810 bits per heavy atom. The number of unbranched alkanes of at least 4 members (excludes halogenated alkanes) is 6. The molecule has 0 aromatic heterocycles. The molecular formula is C19H40N2. The molecule has 1 saturated carbocycles. The fourth-order valence-corrected chi connectivity index (χ4v) is 4.03. The molecule has 1 aliphatic rings. The van der Waals surface area contributed by atoms with E-state index in [1.54, 1.807) is 0 Å². The SMILES string of the molecule is CCCCCCCCCN(CC)C1(CN)CCCCCC1. The average Bonchev–Trinajstić information content (AvgIpc) is 2.76. The summed E-state index contributed by atoms with van der Waals surface area (Å²) in [7, 11) is 0. The van der Waals surface area contributed by atoms with Gasteiger partial charge in [0.1, 0.15) is 0 Å². The molecule has 2 N–H and O–H groups in total. The van der Waals surface area contributed by atoms with Crippen LogP contribution in [0.15, 0.2) is 0 Å². The first-order valence-electron chi connectivity index (χ1n) is 9.74. The zero-order valence-corrected chi connectivity index (χ0v) is 14.8. The van der Waals surface area contributed by atoms with Gasteiger partial charge in [-0.3, -0.25) is 4.90 Å². The van der Waals surface area contributed by atoms with Crippen LogP contribution in [-0.2, 0) is 0 Å². The molecule has 0 radical (unpaired) electrons. The molecule has 0 saturated heterocycles. The molecule has 2 heteroatoms. The minimum atomic E-state index is 0.327. The molecule has 1 rings (SSSR count). The number of nitrogens with zero attached hydrogens (tertiary/aromatic N) is 1. The molecule has 2 nitrogen and oxygen atoms in total. The predicted octanol–water partition coefficient (Wildman–Crippen LogP) is 5.11. The van der Waals surface area contributed by atoms with Crippen LogP contribution in [0.2, 0.25) is 0 Å². The van der Waals surface area contributed by atoms with E-state index in [0.29, 0.717) is 5.54 Å². The van der Waals surface area contributed by atoms with E-state index in [9.17, 15) is 0 Å². The highest BCUT2D eigenvalue weighted by Gasteiger charge is 2.34. The van der Waals surface area contributed by atoms with Crippen LogP contribution < -0.4 is 5.73 Å². The Balaban J connectivity index is 2.31. The van der Waals surface area contributed by atoms with Gasteiger partial charge in [-0.15, -0.1) is 0 Å². The van der Waals surface area contributed by atoms with Crippen molar-refractivity contribution in [3.05, 3.63) is 0 Å². The maximum Gasteiger partial charge on any atom is 0.0331 e. The maximum atomic E-state index is 6.23. The normalized spacial score (nSPS) is 18.9. The highest BCUT2D eigenvalue weighted by Crippen LogP contribution is 2.32. The number of hydrogen-bond donors (Lipinski definition) is 1. The van der Waals surface area contributed by atoms with Crippen LogP contribution in [0, 0.1) is 0 Å². The van der Waals surface area contributed by atoms with Crippen LogP contribution in [0.25, 0.3) is 0 Å². The summed E-state index contributed by atoms with van der Waals surface area (Å²) in [5.74, 6) is 0. The molecule has 0 amide bonds. The van der Waals surface area contributed by atoms with Crippen LogP contribution in [0.3, 0.4) is 0 Å². The Hall–Kier alpha value is -0.0800. The van der Waals surface area contributed by atoms with Crippen molar-refractivity contribution in [1.29, 1.82) is 0 Å². The van der Waals surface area contributed by atoms with E-state index in [0.717, 1.165) is 6.54 Å². The smallest absolute Gasteiger partial charge is 0.0331 e. The lowest BCUT2D eigenvalue weighted by Gasteiger charge is -2.43. The van der Waals surface area contributed by atoms with E-state index >= 15 is 0 Å². The lowest BCUT2D eigenvalue weighted by Crippen LogP contribution is -2.53. The van der Waals surface area contributed by atoms with E-state index in [2.05, 4.69) is 18.7 Å². The third-order valence-electron chi connectivity index (χ3n) is 5.50. The van der Waals surface area contributed by atoms with E-state index < -0.39 is 0 Å². The molecule has 0 bridgehead atoms. The molecule has 0 spiro atoms. The van der Waals surface area contributed by atoms with Gasteiger partial charge in [-0.2, -0.15) is 0 Å². The van der Waals surface area contributed by atoms with Crippen molar-refractivity contribution in [2.45, 2.75) is 103 Å². The molecule has 126 valence electrons. The zero-order chi connectivity index (χ0) is 15.4. The lowest BCUT2D eigenvalue weighted by atomic mass is 9.87. The van der Waals surface area contributed by atoms with Gasteiger partial charge in [0.2, 0.25) is 0 Å². The minimum absolute atomic E-state index is 0.327. The first-order valence-corrected chi connectivity index (χ1v) is 9.74. The van der Waals surface area contributed by atoms with Gasteiger partial charge in [0, 0.05) is 12.1 Å². The van der Waals surface area contributed by atoms with Crippen LogP contribution in [0.1, 0.15) is 97.3 Å². The van der Waals surface area contributed by atoms with Crippen LogP contribution in [-0.4, -0.2) is 30.1 Å². The van der Waals surface area contributed by atoms with Crippen molar-refractivity contribution in [2.24, 2.45) is 5.73 Å². The molecule has 0 aromatic carbocycles. The van der Waals surface area contributed by atoms with Gasteiger partial charge >= 0.3 is 0 Å². The number of hydrogen-bond acceptors (Lipinski definition) is 2. The number of rotatable bonds is 11. The monoisotopic (exact) mass is 296 g/mol. The standard InChI is InChI=1S/C19H40N2/c1-3-5-6-7-8-11-14-17-21(4-2)19(18-20)15-12-9-10-13-16-19/h3-18,20H2,1-2H3. The summed E-state index contributed by atoms with van der Waals surface area (Å²) < 4.78 is 0. The Kier molecular flexibility index (Phi) is 10.4. The van der Waals surface area contributed by atoms with E-state index in [4.69, 9.17) is 5.73 Å². The summed E-state index contributed by atoms with van der Waals surface area (Å²) in [6.45, 7) is 7.91. The highest BCUT2D eigenvalue weighted by molar-refractivity contribution is 4.92. The summed E-state index contributed by atoms with van der Waals surface area (Å²) in [5, 5.41) is 0. The third-order valence-corrected chi connectivity index (χ3v) is 5.50. The first-order chi connectivity index (χ1) is 10.3. The Morgan fingerprint density at radius 3 is 1.90 bits per heavy atom. The number of likely N-dealkylation sites (N-methyl/N-ethyl adjacent to an activating group) is 1. The summed E-state index contributed by atoms with van der Waals surface area (Å²) in [4.78, 5) is 2.73. The van der Waals surface area contributed by atoms with Crippen molar-refractivity contribution in [3.8, 4) is 0 Å². The Bertz CT molecular complexity index is 232. The van der Waals surface area contributed by atoms with E-state index in [1.165, 1.54) is 96.6 Å². The quantitative estimate of drug-likeness (QED) is 0.424. The van der Waals surface area contributed by atoms with Gasteiger partial charge in [-0.25, -0.2) is 0 Å². The van der Waals surface area contributed by atoms with Crippen molar-refractivity contribution in [1.82, 2.24) is 4.90 Å². The van der Waals surface area contributed by atoms with Gasteiger partial charge in [-0.05, 0) is 32.4 Å².